The average Bonchev–Trinajstić information content (AvgIpc) is 2.73. The second-order valence-electron chi connectivity index (χ2n) is 3.73. The third-order valence-electron chi connectivity index (χ3n) is 2.31. The van der Waals surface area contributed by atoms with Crippen molar-refractivity contribution in [1.82, 2.24) is 0 Å². The molecule has 0 aliphatic carbocycles. The van der Waals surface area contributed by atoms with Crippen molar-refractivity contribution >= 4 is 23.4 Å². The molecule has 0 fully saturated rings. The summed E-state index contributed by atoms with van der Waals surface area (Å²) >= 11 is 1.60. The highest BCUT2D eigenvalue weighted by Crippen LogP contribution is 2.19. The SMILES string of the molecule is CCCCCOCc1sccc1C=CC(=O)O. The highest BCUT2D eigenvalue weighted by molar-refractivity contribution is 7.10. The van der Waals surface area contributed by atoms with Gasteiger partial charge in [-0.3, -0.25) is 0 Å². The molecular weight excluding hydrogens is 236 g/mol. The van der Waals surface area contributed by atoms with Gasteiger partial charge >= 0.3 is 5.97 Å². The number of carboxylic acid groups (broad SMARTS) is 1. The molecular formula is C13H18O3S. The molecule has 1 aromatic heterocycles. The van der Waals surface area contributed by atoms with Crippen molar-refractivity contribution in [3.8, 4) is 0 Å². The predicted octanol–water partition coefficient (Wildman–Crippen LogP) is 3.55. The maximum absolute atomic E-state index is 10.4. The topological polar surface area (TPSA) is 46.5 Å². The number of aliphatic carboxylic acids is 1. The van der Waals surface area contributed by atoms with Crippen LogP contribution in [0.2, 0.25) is 0 Å². The summed E-state index contributed by atoms with van der Waals surface area (Å²) in [4.78, 5) is 11.5. The van der Waals surface area contributed by atoms with Crippen LogP contribution in [0, 0.1) is 0 Å². The van der Waals surface area contributed by atoms with Gasteiger partial charge in [0.2, 0.25) is 0 Å². The largest absolute Gasteiger partial charge is 0.478 e. The molecule has 0 unspecified atom stereocenters. The Balaban J connectivity index is 2.38. The van der Waals surface area contributed by atoms with E-state index in [-0.39, 0.29) is 0 Å². The summed E-state index contributed by atoms with van der Waals surface area (Å²) in [5.74, 6) is -0.925. The smallest absolute Gasteiger partial charge is 0.328 e. The number of carbonyl (C=O) groups is 1. The molecule has 0 saturated heterocycles. The van der Waals surface area contributed by atoms with Gasteiger partial charge in [0, 0.05) is 17.6 Å². The molecule has 0 aromatic carbocycles. The van der Waals surface area contributed by atoms with Crippen molar-refractivity contribution in [2.45, 2.75) is 32.8 Å². The van der Waals surface area contributed by atoms with Crippen LogP contribution in [0.3, 0.4) is 0 Å². The Labute approximate surface area is 106 Å². The van der Waals surface area contributed by atoms with Gasteiger partial charge in [-0.15, -0.1) is 11.3 Å². The third kappa shape index (κ3) is 5.65. The molecule has 1 rings (SSSR count). The molecule has 0 radical (unpaired) electrons. The Hall–Kier alpha value is -1.13. The van der Waals surface area contributed by atoms with E-state index in [0.717, 1.165) is 29.5 Å². The molecule has 0 spiro atoms. The molecule has 3 nitrogen and oxygen atoms in total. The zero-order valence-electron chi connectivity index (χ0n) is 10.0. The Morgan fingerprint density at radius 2 is 2.35 bits per heavy atom. The number of carboxylic acids is 1. The maximum Gasteiger partial charge on any atom is 0.328 e. The lowest BCUT2D eigenvalue weighted by Gasteiger charge is -2.02. The second-order valence-corrected chi connectivity index (χ2v) is 4.73. The molecule has 0 bridgehead atoms. The number of hydrogen-bond donors (Lipinski definition) is 1. The van der Waals surface area contributed by atoms with Gasteiger partial charge in [-0.2, -0.15) is 0 Å². The summed E-state index contributed by atoms with van der Waals surface area (Å²) < 4.78 is 5.56. The van der Waals surface area contributed by atoms with Crippen LogP contribution in [0.5, 0.6) is 0 Å². The zero-order chi connectivity index (χ0) is 12.5. The van der Waals surface area contributed by atoms with Gasteiger partial charge in [0.05, 0.1) is 6.61 Å². The van der Waals surface area contributed by atoms with Gasteiger partial charge in [-0.1, -0.05) is 19.8 Å². The monoisotopic (exact) mass is 254 g/mol. The Kier molecular flexibility index (Phi) is 6.58. The van der Waals surface area contributed by atoms with E-state index in [2.05, 4.69) is 6.92 Å². The molecule has 0 aliphatic heterocycles. The quantitative estimate of drug-likeness (QED) is 0.570. The summed E-state index contributed by atoms with van der Waals surface area (Å²) in [6.45, 7) is 3.50. The van der Waals surface area contributed by atoms with Crippen LogP contribution in [0.25, 0.3) is 6.08 Å². The lowest BCUT2D eigenvalue weighted by atomic mass is 10.2. The minimum absolute atomic E-state index is 0.570. The van der Waals surface area contributed by atoms with Gasteiger partial charge < -0.3 is 9.84 Å². The van der Waals surface area contributed by atoms with Gasteiger partial charge in [0.15, 0.2) is 0 Å². The normalized spacial score (nSPS) is 11.1. The Morgan fingerprint density at radius 1 is 1.53 bits per heavy atom. The number of hydrogen-bond acceptors (Lipinski definition) is 3. The number of ether oxygens (including phenoxy) is 1. The van der Waals surface area contributed by atoms with Gasteiger partial charge in [0.1, 0.15) is 0 Å². The first-order valence-electron chi connectivity index (χ1n) is 5.79. The number of thiophene rings is 1. The van der Waals surface area contributed by atoms with E-state index in [1.54, 1.807) is 17.4 Å². The minimum Gasteiger partial charge on any atom is -0.478 e. The highest BCUT2D eigenvalue weighted by atomic mass is 32.1. The Morgan fingerprint density at radius 3 is 3.06 bits per heavy atom. The van der Waals surface area contributed by atoms with E-state index in [0.29, 0.717) is 6.61 Å². The molecule has 0 saturated carbocycles. The molecule has 4 heteroatoms. The first kappa shape index (κ1) is 13.9. The first-order chi connectivity index (χ1) is 8.24. The fourth-order valence-electron chi connectivity index (χ4n) is 1.40. The van der Waals surface area contributed by atoms with Crippen molar-refractivity contribution < 1.29 is 14.6 Å². The average molecular weight is 254 g/mol. The second kappa shape index (κ2) is 8.03. The van der Waals surface area contributed by atoms with E-state index in [9.17, 15) is 4.79 Å². The first-order valence-corrected chi connectivity index (χ1v) is 6.67. The summed E-state index contributed by atoms with van der Waals surface area (Å²) in [6, 6.07) is 1.91. The zero-order valence-corrected chi connectivity index (χ0v) is 10.8. The van der Waals surface area contributed by atoms with Crippen LogP contribution >= 0.6 is 11.3 Å². The van der Waals surface area contributed by atoms with Crippen molar-refractivity contribution in [1.29, 1.82) is 0 Å². The number of rotatable bonds is 8. The van der Waals surface area contributed by atoms with Crippen LogP contribution in [-0.4, -0.2) is 17.7 Å². The third-order valence-corrected chi connectivity index (χ3v) is 3.22. The standard InChI is InChI=1S/C13H18O3S/c1-2-3-4-8-16-10-12-11(7-9-17-12)5-6-13(14)15/h5-7,9H,2-4,8,10H2,1H3,(H,14,15). The molecule has 17 heavy (non-hydrogen) atoms. The van der Waals surface area contributed by atoms with Crippen molar-refractivity contribution in [3.63, 3.8) is 0 Å². The summed E-state index contributed by atoms with van der Waals surface area (Å²) in [6.07, 6.45) is 6.24. The van der Waals surface area contributed by atoms with Crippen molar-refractivity contribution in [2.75, 3.05) is 6.61 Å². The molecule has 0 atom stereocenters. The molecule has 0 aliphatic rings. The van der Waals surface area contributed by atoms with E-state index in [4.69, 9.17) is 9.84 Å². The van der Waals surface area contributed by atoms with Crippen LogP contribution < -0.4 is 0 Å². The maximum atomic E-state index is 10.4. The molecule has 0 amide bonds. The van der Waals surface area contributed by atoms with Gasteiger partial charge in [-0.25, -0.2) is 4.79 Å². The molecule has 1 aromatic rings. The van der Waals surface area contributed by atoms with Crippen LogP contribution in [0.4, 0.5) is 0 Å². The molecule has 94 valence electrons. The fourth-order valence-corrected chi connectivity index (χ4v) is 2.20. The van der Waals surface area contributed by atoms with Gasteiger partial charge in [0.25, 0.3) is 0 Å². The van der Waals surface area contributed by atoms with E-state index >= 15 is 0 Å². The molecule has 1 N–H and O–H groups in total. The van der Waals surface area contributed by atoms with Crippen molar-refractivity contribution in [2.24, 2.45) is 0 Å². The van der Waals surface area contributed by atoms with E-state index < -0.39 is 5.97 Å². The lowest BCUT2D eigenvalue weighted by Crippen LogP contribution is -1.95. The summed E-state index contributed by atoms with van der Waals surface area (Å²) in [5.41, 5.74) is 0.938. The molecule has 1 heterocycles. The van der Waals surface area contributed by atoms with E-state index in [1.165, 1.54) is 12.8 Å². The van der Waals surface area contributed by atoms with Crippen LogP contribution in [0.15, 0.2) is 17.5 Å². The van der Waals surface area contributed by atoms with E-state index in [1.807, 2.05) is 11.4 Å². The summed E-state index contributed by atoms with van der Waals surface area (Å²) in [5, 5.41) is 10.5. The van der Waals surface area contributed by atoms with Crippen molar-refractivity contribution in [3.05, 3.63) is 28.0 Å². The fraction of sp³-hybridized carbons (Fsp3) is 0.462. The highest BCUT2D eigenvalue weighted by Gasteiger charge is 2.02. The Bertz CT molecular complexity index is 368. The van der Waals surface area contributed by atoms with Gasteiger partial charge in [-0.05, 0) is 29.5 Å². The summed E-state index contributed by atoms with van der Waals surface area (Å²) in [7, 11) is 0. The number of unbranched alkanes of at least 4 members (excludes halogenated alkanes) is 2. The minimum atomic E-state index is -0.925. The van der Waals surface area contributed by atoms with Crippen LogP contribution in [0.1, 0.15) is 36.6 Å². The van der Waals surface area contributed by atoms with Crippen LogP contribution in [-0.2, 0) is 16.1 Å². The lowest BCUT2D eigenvalue weighted by molar-refractivity contribution is -0.131. The predicted molar refractivity (Wildman–Crippen MR) is 70.2 cm³/mol.